The lowest BCUT2D eigenvalue weighted by molar-refractivity contribution is 0.392. The highest BCUT2D eigenvalue weighted by atomic mass is 32.1. The number of nitrogens with one attached hydrogen (secondary N) is 2. The molecule has 6 heteroatoms. The van der Waals surface area contributed by atoms with E-state index in [4.69, 9.17) is 30.2 Å². The zero-order valence-corrected chi connectivity index (χ0v) is 16.0. The summed E-state index contributed by atoms with van der Waals surface area (Å²) in [5.41, 5.74) is 3.88. The van der Waals surface area contributed by atoms with Crippen molar-refractivity contribution in [2.75, 3.05) is 7.05 Å². The molecule has 1 heterocycles. The highest BCUT2D eigenvalue weighted by molar-refractivity contribution is 7.81. The van der Waals surface area contributed by atoms with Gasteiger partial charge in [-0.3, -0.25) is 0 Å². The molecule has 3 nitrogen and oxygen atoms in total. The number of allylic oxidation sites excluding steroid dienone is 1. The van der Waals surface area contributed by atoms with Crippen LogP contribution in [0.15, 0.2) is 11.3 Å². The maximum atomic E-state index is 4.80. The van der Waals surface area contributed by atoms with E-state index in [0.29, 0.717) is 5.25 Å². The first-order valence-electron chi connectivity index (χ1n) is 7.93. The second kappa shape index (κ2) is 6.38. The topological polar surface area (TPSA) is 37.0 Å². The Bertz CT molecular complexity index is 595. The van der Waals surface area contributed by atoms with E-state index in [9.17, 15) is 0 Å². The number of rotatable bonds is 4. The third-order valence-electron chi connectivity index (χ3n) is 4.68. The molecule has 0 aromatic carbocycles. The molecule has 2 unspecified atom stereocenters. The summed E-state index contributed by atoms with van der Waals surface area (Å²) in [7, 11) is 1.96. The van der Waals surface area contributed by atoms with E-state index in [2.05, 4.69) is 24.5 Å². The Kier molecular flexibility index (Phi) is 4.84. The van der Waals surface area contributed by atoms with Gasteiger partial charge >= 0.3 is 0 Å². The lowest BCUT2D eigenvalue weighted by atomic mass is 9.93. The number of aromatic nitrogens is 1. The fourth-order valence-electron chi connectivity index (χ4n) is 3.52. The molecule has 0 spiro atoms. The average molecular weight is 356 g/mol. The quantitative estimate of drug-likeness (QED) is 0.621. The van der Waals surface area contributed by atoms with Crippen molar-refractivity contribution in [2.24, 2.45) is 0 Å². The van der Waals surface area contributed by atoms with Gasteiger partial charge in [0.2, 0.25) is 0 Å². The number of hydrogen-bond acceptors (Lipinski definition) is 6. The summed E-state index contributed by atoms with van der Waals surface area (Å²) in [6.07, 6.45) is 4.57. The fourth-order valence-corrected chi connectivity index (χ4v) is 5.88. The van der Waals surface area contributed by atoms with Gasteiger partial charge in [-0.1, -0.05) is 5.57 Å². The Hall–Kier alpha value is -0.170. The van der Waals surface area contributed by atoms with Gasteiger partial charge in [-0.05, 0) is 46.6 Å². The molecule has 0 saturated carbocycles. The monoisotopic (exact) mass is 355 g/mol. The van der Waals surface area contributed by atoms with Crippen LogP contribution in [0.3, 0.4) is 0 Å². The SMILES string of the molecule is CNCc1nc2c(s1)[C@@](C)(NC1=C(C)CCCC1S)CC2S. The Labute approximate surface area is 148 Å². The summed E-state index contributed by atoms with van der Waals surface area (Å²) in [5.74, 6) is 0. The van der Waals surface area contributed by atoms with Crippen LogP contribution in [0.1, 0.15) is 60.4 Å². The van der Waals surface area contributed by atoms with Gasteiger partial charge in [-0.15, -0.1) is 11.3 Å². The molecule has 2 N–H and O–H groups in total. The van der Waals surface area contributed by atoms with Crippen LogP contribution in [0.5, 0.6) is 0 Å². The van der Waals surface area contributed by atoms with E-state index in [1.54, 1.807) is 0 Å². The van der Waals surface area contributed by atoms with Gasteiger partial charge in [0.25, 0.3) is 0 Å². The van der Waals surface area contributed by atoms with E-state index < -0.39 is 0 Å². The number of thiol groups is 2. The Morgan fingerprint density at radius 2 is 2.14 bits per heavy atom. The molecule has 0 aliphatic heterocycles. The van der Waals surface area contributed by atoms with Crippen molar-refractivity contribution in [2.45, 2.75) is 62.1 Å². The molecular formula is C16H25N3S3. The zero-order chi connectivity index (χ0) is 15.9. The molecule has 0 amide bonds. The molecular weight excluding hydrogens is 330 g/mol. The second-order valence-electron chi connectivity index (χ2n) is 6.63. The molecule has 1 aromatic heterocycles. The third-order valence-corrected chi connectivity index (χ3v) is 6.96. The average Bonchev–Trinajstić information content (AvgIpc) is 2.96. The molecule has 0 fully saturated rings. The van der Waals surface area contributed by atoms with Crippen molar-refractivity contribution < 1.29 is 0 Å². The van der Waals surface area contributed by atoms with Crippen molar-refractivity contribution >= 4 is 36.6 Å². The van der Waals surface area contributed by atoms with Gasteiger partial charge in [0.1, 0.15) is 5.01 Å². The van der Waals surface area contributed by atoms with Gasteiger partial charge in [0, 0.05) is 22.7 Å². The van der Waals surface area contributed by atoms with Crippen LogP contribution < -0.4 is 10.6 Å². The van der Waals surface area contributed by atoms with E-state index in [1.165, 1.54) is 34.7 Å². The lowest BCUT2D eigenvalue weighted by Gasteiger charge is -2.34. The van der Waals surface area contributed by atoms with E-state index in [-0.39, 0.29) is 10.8 Å². The Morgan fingerprint density at radius 1 is 1.36 bits per heavy atom. The molecule has 0 saturated heterocycles. The van der Waals surface area contributed by atoms with Gasteiger partial charge in [-0.2, -0.15) is 25.3 Å². The first kappa shape index (κ1) is 16.7. The van der Waals surface area contributed by atoms with Crippen molar-refractivity contribution in [1.29, 1.82) is 0 Å². The molecule has 0 bridgehead atoms. The molecule has 3 rings (SSSR count). The summed E-state index contributed by atoms with van der Waals surface area (Å²) < 4.78 is 0. The van der Waals surface area contributed by atoms with Crippen LogP contribution in [0.4, 0.5) is 0 Å². The molecule has 2 aliphatic rings. The van der Waals surface area contributed by atoms with Crippen molar-refractivity contribution in [3.05, 3.63) is 26.8 Å². The summed E-state index contributed by atoms with van der Waals surface area (Å²) in [5, 5.41) is 8.73. The number of nitrogens with zero attached hydrogens (tertiary/aromatic N) is 1. The normalized spacial score (nSPS) is 31.5. The summed E-state index contributed by atoms with van der Waals surface area (Å²) in [6.45, 7) is 5.35. The Morgan fingerprint density at radius 3 is 2.82 bits per heavy atom. The van der Waals surface area contributed by atoms with Gasteiger partial charge in [-0.25, -0.2) is 4.98 Å². The smallest absolute Gasteiger partial charge is 0.107 e. The van der Waals surface area contributed by atoms with E-state index in [1.807, 2.05) is 18.4 Å². The van der Waals surface area contributed by atoms with Gasteiger partial charge < -0.3 is 10.6 Å². The number of fused-ring (bicyclic) bond motifs is 1. The minimum Gasteiger partial charge on any atom is -0.377 e. The molecule has 1 aromatic rings. The maximum absolute atomic E-state index is 4.80. The van der Waals surface area contributed by atoms with Crippen LogP contribution >= 0.6 is 36.6 Å². The van der Waals surface area contributed by atoms with E-state index in [0.717, 1.165) is 24.4 Å². The predicted molar refractivity (Wildman–Crippen MR) is 101 cm³/mol. The summed E-state index contributed by atoms with van der Waals surface area (Å²) >= 11 is 11.4. The predicted octanol–water partition coefficient (Wildman–Crippen LogP) is 3.80. The van der Waals surface area contributed by atoms with Crippen LogP contribution in [0.2, 0.25) is 0 Å². The minimum absolute atomic E-state index is 0.0691. The number of thiazole rings is 1. The third kappa shape index (κ3) is 2.95. The second-order valence-corrected chi connectivity index (χ2v) is 8.96. The molecule has 2 aliphatic carbocycles. The molecule has 122 valence electrons. The first-order valence-corrected chi connectivity index (χ1v) is 9.78. The molecule has 0 radical (unpaired) electrons. The maximum Gasteiger partial charge on any atom is 0.107 e. The number of hydrogen-bond donors (Lipinski definition) is 4. The van der Waals surface area contributed by atoms with E-state index >= 15 is 0 Å². The van der Waals surface area contributed by atoms with Crippen LogP contribution in [-0.4, -0.2) is 17.3 Å². The van der Waals surface area contributed by atoms with Gasteiger partial charge in [0.05, 0.1) is 16.1 Å². The molecule has 3 atom stereocenters. The summed E-state index contributed by atoms with van der Waals surface area (Å²) in [6, 6.07) is 0. The van der Waals surface area contributed by atoms with Crippen LogP contribution in [-0.2, 0) is 12.1 Å². The molecule has 22 heavy (non-hydrogen) atoms. The van der Waals surface area contributed by atoms with Crippen molar-refractivity contribution in [3.63, 3.8) is 0 Å². The standard InChI is InChI=1S/C16H25N3S3/c1-9-5-4-6-10(20)13(9)19-16(2)7-11(21)14-15(16)22-12(18-14)8-17-3/h10-11,17,19-21H,4-8H2,1-3H3/t10?,11?,16-/m0/s1. The highest BCUT2D eigenvalue weighted by Gasteiger charge is 2.43. The van der Waals surface area contributed by atoms with Crippen LogP contribution in [0.25, 0.3) is 0 Å². The fraction of sp³-hybridized carbons (Fsp3) is 0.688. The van der Waals surface area contributed by atoms with Crippen LogP contribution in [0, 0.1) is 0 Å². The largest absolute Gasteiger partial charge is 0.377 e. The summed E-state index contributed by atoms with van der Waals surface area (Å²) in [4.78, 5) is 6.14. The van der Waals surface area contributed by atoms with Crippen molar-refractivity contribution in [1.82, 2.24) is 15.6 Å². The zero-order valence-electron chi connectivity index (χ0n) is 13.4. The highest BCUT2D eigenvalue weighted by Crippen LogP contribution is 2.49. The first-order chi connectivity index (χ1) is 10.4. The van der Waals surface area contributed by atoms with Crippen molar-refractivity contribution in [3.8, 4) is 0 Å². The minimum atomic E-state index is -0.0691. The lowest BCUT2D eigenvalue weighted by Crippen LogP contribution is -2.40. The van der Waals surface area contributed by atoms with Gasteiger partial charge in [0.15, 0.2) is 0 Å². The Balaban J connectivity index is 1.91.